The van der Waals surface area contributed by atoms with Crippen LogP contribution in [0.25, 0.3) is 0 Å². The molecule has 0 saturated carbocycles. The molecule has 0 spiro atoms. The fraction of sp³-hybridized carbons (Fsp3) is 0.500. The van der Waals surface area contributed by atoms with Crippen LogP contribution in [0, 0.1) is 0 Å². The highest BCUT2D eigenvalue weighted by atomic mass is 32.2. The second-order valence-corrected chi connectivity index (χ2v) is 6.32. The maximum Gasteiger partial charge on any atom is 0.415 e. The number of primary sulfonamides is 1. The minimum absolute atomic E-state index is 0.0212. The van der Waals surface area contributed by atoms with Crippen molar-refractivity contribution >= 4 is 10.0 Å². The van der Waals surface area contributed by atoms with Crippen molar-refractivity contribution in [3.8, 4) is 0 Å². The van der Waals surface area contributed by atoms with E-state index in [9.17, 15) is 21.6 Å². The molecule has 0 heterocycles. The van der Waals surface area contributed by atoms with E-state index in [4.69, 9.17) is 10.2 Å². The van der Waals surface area contributed by atoms with Gasteiger partial charge in [0.2, 0.25) is 10.0 Å². The average molecular weight is 326 g/mol. The fourth-order valence-electron chi connectivity index (χ4n) is 1.66. The summed E-state index contributed by atoms with van der Waals surface area (Å²) in [6.45, 7) is -0.222. The molecule has 1 aromatic rings. The number of sulfonamides is 1. The van der Waals surface area contributed by atoms with Crippen molar-refractivity contribution in [3.63, 3.8) is 0 Å². The summed E-state index contributed by atoms with van der Waals surface area (Å²) in [6, 6.07) is 5.78. The van der Waals surface area contributed by atoms with E-state index < -0.39 is 28.8 Å². The molecule has 0 aliphatic heterocycles. The lowest BCUT2D eigenvalue weighted by Crippen LogP contribution is -2.40. The number of halogens is 3. The lowest BCUT2D eigenvalue weighted by atomic mass is 10.1. The van der Waals surface area contributed by atoms with Crippen LogP contribution < -0.4 is 5.14 Å². The number of nitrogens with zero attached hydrogens (tertiary/aromatic N) is 1. The van der Waals surface area contributed by atoms with E-state index in [2.05, 4.69) is 0 Å². The number of benzene rings is 1. The Labute approximate surface area is 121 Å². The Bertz CT molecular complexity index is 558. The highest BCUT2D eigenvalue weighted by molar-refractivity contribution is 7.89. The maximum absolute atomic E-state index is 12.2. The van der Waals surface area contributed by atoms with Crippen LogP contribution in [0.5, 0.6) is 0 Å². The van der Waals surface area contributed by atoms with Crippen molar-refractivity contribution in [2.45, 2.75) is 23.6 Å². The summed E-state index contributed by atoms with van der Waals surface area (Å²) in [5.41, 5.74) is 0.760. The lowest BCUT2D eigenvalue weighted by Gasteiger charge is -2.22. The van der Waals surface area contributed by atoms with Gasteiger partial charge in [0.25, 0.3) is 0 Å². The van der Waals surface area contributed by atoms with Gasteiger partial charge < -0.3 is 10.0 Å². The number of alkyl halides is 3. The Hall–Kier alpha value is -1.16. The Morgan fingerprint density at radius 3 is 2.24 bits per heavy atom. The molecule has 3 N–H and O–H groups in total. The summed E-state index contributed by atoms with van der Waals surface area (Å²) < 4.78 is 58.7. The van der Waals surface area contributed by atoms with E-state index in [0.29, 0.717) is 13.0 Å². The highest BCUT2D eigenvalue weighted by Gasteiger charge is 2.38. The molecule has 0 fully saturated rings. The summed E-state index contributed by atoms with van der Waals surface area (Å²) in [5, 5.41) is 13.9. The van der Waals surface area contributed by atoms with Gasteiger partial charge in [0.05, 0.1) is 4.90 Å². The molecule has 0 aromatic heterocycles. The smallest absolute Gasteiger partial charge is 0.382 e. The van der Waals surface area contributed by atoms with E-state index >= 15 is 0 Å². The molecule has 1 unspecified atom stereocenters. The summed E-state index contributed by atoms with van der Waals surface area (Å²) in [6.07, 6.45) is -6.59. The van der Waals surface area contributed by atoms with Crippen molar-refractivity contribution in [2.75, 3.05) is 20.1 Å². The molecule has 1 atom stereocenters. The predicted molar refractivity (Wildman–Crippen MR) is 71.1 cm³/mol. The minimum atomic E-state index is -4.63. The van der Waals surface area contributed by atoms with E-state index in [1.807, 2.05) is 0 Å². The standard InChI is InChI=1S/C12H17F3N2O3S/c1-17(8-11(18)12(13,14)15)7-6-9-2-4-10(5-3-9)21(16,19)20/h2-5,11,18H,6-8H2,1H3,(H2,16,19,20). The van der Waals surface area contributed by atoms with Crippen LogP contribution in [0.3, 0.4) is 0 Å². The van der Waals surface area contributed by atoms with E-state index in [1.54, 1.807) is 12.1 Å². The predicted octanol–water partition coefficient (Wildman–Crippen LogP) is 0.731. The highest BCUT2D eigenvalue weighted by Crippen LogP contribution is 2.20. The molecule has 0 aliphatic carbocycles. The van der Waals surface area contributed by atoms with E-state index in [0.717, 1.165) is 5.56 Å². The first kappa shape index (κ1) is 17.9. The number of aliphatic hydroxyl groups is 1. The quantitative estimate of drug-likeness (QED) is 0.807. The van der Waals surface area contributed by atoms with Gasteiger partial charge in [-0.1, -0.05) is 12.1 Å². The van der Waals surface area contributed by atoms with Gasteiger partial charge in [-0.05, 0) is 31.2 Å². The molecule has 0 radical (unpaired) electrons. The summed E-state index contributed by atoms with van der Waals surface area (Å²) >= 11 is 0. The maximum atomic E-state index is 12.2. The van der Waals surface area contributed by atoms with Crippen molar-refractivity contribution in [2.24, 2.45) is 5.14 Å². The Morgan fingerprint density at radius 2 is 1.81 bits per heavy atom. The number of hydrogen-bond acceptors (Lipinski definition) is 4. The Morgan fingerprint density at radius 1 is 1.29 bits per heavy atom. The summed E-state index contributed by atoms with van der Waals surface area (Å²) in [4.78, 5) is 1.33. The van der Waals surface area contributed by atoms with Crippen molar-refractivity contribution < 1.29 is 26.7 Å². The van der Waals surface area contributed by atoms with Crippen LogP contribution in [-0.2, 0) is 16.4 Å². The van der Waals surface area contributed by atoms with Gasteiger partial charge in [-0.25, -0.2) is 13.6 Å². The molecular formula is C12H17F3N2O3S. The number of rotatable bonds is 6. The molecular weight excluding hydrogens is 309 g/mol. The largest absolute Gasteiger partial charge is 0.415 e. The summed E-state index contributed by atoms with van der Waals surface area (Å²) in [5.74, 6) is 0. The van der Waals surface area contributed by atoms with Crippen LogP contribution in [0.4, 0.5) is 13.2 Å². The second kappa shape index (κ2) is 6.73. The van der Waals surface area contributed by atoms with Crippen LogP contribution >= 0.6 is 0 Å². The minimum Gasteiger partial charge on any atom is -0.382 e. The third kappa shape index (κ3) is 6.00. The van der Waals surface area contributed by atoms with Crippen LogP contribution in [0.2, 0.25) is 0 Å². The molecule has 0 amide bonds. The third-order valence-electron chi connectivity index (χ3n) is 2.90. The van der Waals surface area contributed by atoms with Crippen LogP contribution in [0.1, 0.15) is 5.56 Å². The number of likely N-dealkylation sites (N-methyl/N-ethyl adjacent to an activating group) is 1. The first-order chi connectivity index (χ1) is 9.50. The normalized spacial score (nSPS) is 14.4. The molecule has 1 rings (SSSR count). The molecule has 120 valence electrons. The fourth-order valence-corrected chi connectivity index (χ4v) is 2.17. The number of hydrogen-bond donors (Lipinski definition) is 2. The number of nitrogens with two attached hydrogens (primary N) is 1. The van der Waals surface area contributed by atoms with Crippen LogP contribution in [-0.4, -0.2) is 50.8 Å². The van der Waals surface area contributed by atoms with Gasteiger partial charge in [-0.2, -0.15) is 13.2 Å². The van der Waals surface area contributed by atoms with Gasteiger partial charge in [0.1, 0.15) is 0 Å². The zero-order valence-corrected chi connectivity index (χ0v) is 12.2. The average Bonchev–Trinajstić information content (AvgIpc) is 2.34. The molecule has 0 aliphatic rings. The van der Waals surface area contributed by atoms with Crippen LogP contribution in [0.15, 0.2) is 29.2 Å². The van der Waals surface area contributed by atoms with Gasteiger partial charge in [0, 0.05) is 13.1 Å². The lowest BCUT2D eigenvalue weighted by molar-refractivity contribution is -0.207. The second-order valence-electron chi connectivity index (χ2n) is 4.76. The topological polar surface area (TPSA) is 83.6 Å². The Kier molecular flexibility index (Phi) is 5.74. The third-order valence-corrected chi connectivity index (χ3v) is 3.83. The monoisotopic (exact) mass is 326 g/mol. The molecule has 9 heteroatoms. The van der Waals surface area contributed by atoms with E-state index in [-0.39, 0.29) is 4.90 Å². The molecule has 1 aromatic carbocycles. The summed E-state index contributed by atoms with van der Waals surface area (Å²) in [7, 11) is -2.29. The van der Waals surface area contributed by atoms with Crippen molar-refractivity contribution in [1.29, 1.82) is 0 Å². The number of aliphatic hydroxyl groups excluding tert-OH is 1. The first-order valence-electron chi connectivity index (χ1n) is 6.05. The zero-order chi connectivity index (χ0) is 16.3. The molecule has 0 saturated heterocycles. The van der Waals surface area contributed by atoms with Crippen molar-refractivity contribution in [3.05, 3.63) is 29.8 Å². The van der Waals surface area contributed by atoms with Crippen molar-refractivity contribution in [1.82, 2.24) is 4.90 Å². The molecule has 0 bridgehead atoms. The SMILES string of the molecule is CN(CCc1ccc(S(N)(=O)=O)cc1)CC(O)C(F)(F)F. The van der Waals surface area contributed by atoms with Gasteiger partial charge in [0.15, 0.2) is 6.10 Å². The molecule has 5 nitrogen and oxygen atoms in total. The Balaban J connectivity index is 2.52. The van der Waals surface area contributed by atoms with Gasteiger partial charge in [-0.3, -0.25) is 0 Å². The van der Waals surface area contributed by atoms with Gasteiger partial charge in [-0.15, -0.1) is 0 Å². The molecule has 21 heavy (non-hydrogen) atoms. The van der Waals surface area contributed by atoms with Gasteiger partial charge >= 0.3 is 6.18 Å². The first-order valence-corrected chi connectivity index (χ1v) is 7.60. The zero-order valence-electron chi connectivity index (χ0n) is 11.3. The van der Waals surface area contributed by atoms with E-state index in [1.165, 1.54) is 24.1 Å².